The first-order valence-corrected chi connectivity index (χ1v) is 46.4. The Morgan fingerprint density at radius 1 is 0.367 bits per heavy atom. The monoisotopic (exact) mass is 1960 g/mol. The van der Waals surface area contributed by atoms with Crippen LogP contribution in [0, 0.1) is 17.8 Å². The average Bonchev–Trinajstić information content (AvgIpc) is 1.63. The molecule has 2 aliphatic rings. The van der Waals surface area contributed by atoms with E-state index in [0.717, 1.165) is 5.56 Å². The van der Waals surface area contributed by atoms with Gasteiger partial charge in [0.2, 0.25) is 136 Å². The van der Waals surface area contributed by atoms with Gasteiger partial charge in [-0.1, -0.05) is 71.9 Å². The fourth-order valence-corrected chi connectivity index (χ4v) is 14.8. The van der Waals surface area contributed by atoms with Crippen molar-refractivity contribution in [1.29, 1.82) is 0 Å². The molecule has 1 aromatic carbocycles. The molecule has 47 heteroatoms. The normalized spacial score (nSPS) is 16.2. The SMILES string of the molecule is CC(=O)NC(C)(C)C(=O)N1CCC[C@H]1C(=O)NC(C)(C)C(=O)N[C@H](C)C(=O)NC(C)(C)C(=O)N[C@@H](C)C(=O)N[C@@H](CCC(N)=O)C(=O)NC(C)(C)C(=O)N[C@H](C(=O)NC(C)(C)C(=O)NCC(=O)N[C@@H](CC(C)C)C(=O)NC(C)(C)C(=O)N1CCC[C@H]1C(=O)N[C@@H](C(=O)NC(C)(C)C(=O)NC(C)(C)C(=O)N[C@@H](CCC(N)=O)C(=O)N[C@@H](CCC(N)=O)C(=O)N[C@H](CO)Cc1ccccc1)C(C)C)C(C)C. The largest absolute Gasteiger partial charge is 0.394 e. The zero-order valence-electron chi connectivity index (χ0n) is 84.7. The summed E-state index contributed by atoms with van der Waals surface area (Å²) in [5.41, 5.74) is 3.01. The second-order valence-corrected chi connectivity index (χ2v) is 40.9. The van der Waals surface area contributed by atoms with Gasteiger partial charge in [-0.05, 0) is 206 Å². The Labute approximate surface area is 811 Å². The number of primary amides is 3. The van der Waals surface area contributed by atoms with E-state index < -0.39 is 297 Å². The Morgan fingerprint density at radius 2 is 0.727 bits per heavy atom. The molecule has 0 unspecified atom stereocenters. The Kier molecular flexibility index (Phi) is 44.1. The van der Waals surface area contributed by atoms with E-state index in [2.05, 4.69) is 95.7 Å². The van der Waals surface area contributed by atoms with Crippen molar-refractivity contribution >= 4 is 136 Å². The number of benzene rings is 1. The van der Waals surface area contributed by atoms with Crippen LogP contribution < -0.4 is 113 Å². The van der Waals surface area contributed by atoms with Crippen molar-refractivity contribution in [3.63, 3.8) is 0 Å². The predicted octanol–water partition coefficient (Wildman–Crippen LogP) is -4.94. The van der Waals surface area contributed by atoms with Gasteiger partial charge in [0, 0.05) is 39.3 Å². The fourth-order valence-electron chi connectivity index (χ4n) is 14.8. The molecule has 3 rings (SSSR count). The number of hydrogen-bond acceptors (Lipinski definition) is 24. The van der Waals surface area contributed by atoms with Crippen molar-refractivity contribution in [2.24, 2.45) is 35.0 Å². The molecule has 0 aromatic heterocycles. The summed E-state index contributed by atoms with van der Waals surface area (Å²) in [7, 11) is 0. The third-order valence-corrected chi connectivity index (χ3v) is 23.2. The number of aliphatic hydroxyl groups is 1. The highest BCUT2D eigenvalue weighted by molar-refractivity contribution is 6.05. The van der Waals surface area contributed by atoms with E-state index in [1.165, 1.54) is 141 Å². The lowest BCUT2D eigenvalue weighted by Gasteiger charge is -2.36. The average molecular weight is 1960 g/mol. The fraction of sp³-hybridized carbons (Fsp3) is 0.685. The summed E-state index contributed by atoms with van der Waals surface area (Å²) in [4.78, 5) is 315. The highest BCUT2D eigenvalue weighted by atomic mass is 16.3. The van der Waals surface area contributed by atoms with Gasteiger partial charge in [0.15, 0.2) is 0 Å². The molecular weight excluding hydrogens is 1810 g/mol. The molecule has 0 bridgehead atoms. The quantitative estimate of drug-likeness (QED) is 0.0291. The van der Waals surface area contributed by atoms with Gasteiger partial charge < -0.3 is 128 Å². The van der Waals surface area contributed by atoms with E-state index in [0.29, 0.717) is 12.8 Å². The molecule has 23 amide bonds. The van der Waals surface area contributed by atoms with Crippen LogP contribution in [0.3, 0.4) is 0 Å². The number of hydrogen-bond donors (Lipinski definition) is 22. The lowest BCUT2D eigenvalue weighted by atomic mass is 9.96. The summed E-state index contributed by atoms with van der Waals surface area (Å²) in [5.74, 6) is -21.0. The molecule has 0 aliphatic carbocycles. The van der Waals surface area contributed by atoms with Crippen LogP contribution in [0.2, 0.25) is 0 Å². The number of nitrogens with zero attached hydrogens (tertiary/aromatic N) is 2. The van der Waals surface area contributed by atoms with E-state index in [1.807, 2.05) is 0 Å². The molecule has 25 N–H and O–H groups in total. The van der Waals surface area contributed by atoms with Crippen molar-refractivity contribution in [2.75, 3.05) is 26.2 Å². The number of likely N-dealkylation sites (tertiary alicyclic amines) is 2. The molecule has 2 fully saturated rings. The number of nitrogens with one attached hydrogen (secondary N) is 18. The second kappa shape index (κ2) is 51.1. The molecule has 2 saturated heterocycles. The zero-order chi connectivity index (χ0) is 107. The predicted molar refractivity (Wildman–Crippen MR) is 506 cm³/mol. The van der Waals surface area contributed by atoms with E-state index in [9.17, 15) is 115 Å². The maximum Gasteiger partial charge on any atom is 0.248 e. The van der Waals surface area contributed by atoms with Crippen LogP contribution in [0.5, 0.6) is 0 Å². The summed E-state index contributed by atoms with van der Waals surface area (Å²) in [5, 5.41) is 56.0. The van der Waals surface area contributed by atoms with E-state index >= 15 is 0 Å². The summed E-state index contributed by atoms with van der Waals surface area (Å²) in [6, 6.07) is -5.62. The number of carbonyl (C=O) groups is 23. The first-order valence-electron chi connectivity index (χ1n) is 46.4. The van der Waals surface area contributed by atoms with Gasteiger partial charge in [-0.15, -0.1) is 0 Å². The van der Waals surface area contributed by atoms with E-state index in [4.69, 9.17) is 17.2 Å². The third-order valence-electron chi connectivity index (χ3n) is 23.2. The number of rotatable bonds is 53. The van der Waals surface area contributed by atoms with Crippen LogP contribution in [0.25, 0.3) is 0 Å². The molecule has 778 valence electrons. The van der Waals surface area contributed by atoms with Gasteiger partial charge in [-0.3, -0.25) is 110 Å². The van der Waals surface area contributed by atoms with Gasteiger partial charge in [0.05, 0.1) is 19.2 Å². The summed E-state index contributed by atoms with van der Waals surface area (Å²) >= 11 is 0. The van der Waals surface area contributed by atoms with E-state index in [-0.39, 0.29) is 57.5 Å². The van der Waals surface area contributed by atoms with Crippen molar-refractivity contribution < 1.29 is 115 Å². The highest BCUT2D eigenvalue weighted by Gasteiger charge is 2.49. The maximum absolute atomic E-state index is 14.6. The minimum Gasteiger partial charge on any atom is -0.394 e. The molecule has 11 atom stereocenters. The number of carbonyl (C=O) groups excluding carboxylic acids is 23. The Bertz CT molecular complexity index is 4700. The maximum atomic E-state index is 14.6. The van der Waals surface area contributed by atoms with Crippen molar-refractivity contribution in [3.05, 3.63) is 35.9 Å². The highest BCUT2D eigenvalue weighted by Crippen LogP contribution is 2.27. The Balaban J connectivity index is 1.65. The number of aliphatic hydroxyl groups excluding tert-OH is 1. The van der Waals surface area contributed by atoms with Crippen molar-refractivity contribution in [2.45, 2.75) is 361 Å². The van der Waals surface area contributed by atoms with Crippen molar-refractivity contribution in [1.82, 2.24) is 106 Å². The second-order valence-electron chi connectivity index (χ2n) is 40.9. The topological polar surface area (TPSA) is 714 Å². The van der Waals surface area contributed by atoms with Crippen LogP contribution in [-0.4, -0.2) is 288 Å². The van der Waals surface area contributed by atoms with Gasteiger partial charge in [0.25, 0.3) is 0 Å². The summed E-state index contributed by atoms with van der Waals surface area (Å²) in [6.07, 6.45) is -1.04. The minimum atomic E-state index is -1.91. The summed E-state index contributed by atoms with van der Waals surface area (Å²) < 4.78 is 0. The molecule has 2 heterocycles. The van der Waals surface area contributed by atoms with E-state index in [1.54, 1.807) is 71.9 Å². The van der Waals surface area contributed by atoms with Gasteiger partial charge in [-0.25, -0.2) is 0 Å². The van der Waals surface area contributed by atoms with Gasteiger partial charge in [0.1, 0.15) is 105 Å². The molecule has 47 nitrogen and oxygen atoms in total. The van der Waals surface area contributed by atoms with Gasteiger partial charge in [-0.2, -0.15) is 0 Å². The molecule has 0 saturated carbocycles. The molecular formula is C92H151N23O24. The zero-order valence-corrected chi connectivity index (χ0v) is 84.7. The van der Waals surface area contributed by atoms with Crippen LogP contribution in [0.1, 0.15) is 249 Å². The first-order chi connectivity index (χ1) is 63.8. The summed E-state index contributed by atoms with van der Waals surface area (Å²) in [6.45, 7) is 34.0. The number of amides is 23. The van der Waals surface area contributed by atoms with Crippen LogP contribution in [0.4, 0.5) is 0 Å². The smallest absolute Gasteiger partial charge is 0.248 e. The number of nitrogens with two attached hydrogens (primary N) is 3. The minimum absolute atomic E-state index is 0.00718. The van der Waals surface area contributed by atoms with Gasteiger partial charge >= 0.3 is 0 Å². The lowest BCUT2D eigenvalue weighted by Crippen LogP contribution is -2.66. The molecule has 1 aromatic rings. The van der Waals surface area contributed by atoms with Crippen molar-refractivity contribution in [3.8, 4) is 0 Å². The Hall–Kier alpha value is -13.0. The molecule has 0 spiro atoms. The Morgan fingerprint density at radius 3 is 1.18 bits per heavy atom. The first kappa shape index (κ1) is 120. The standard InChI is InChI=1S/C92H151N23O24/c1-47(2)43-58(72(127)109-92(24,25)84(139)114-41-29-33-59(114)73(128)104-65(48(3)4)75(130)112-90(20,21)82(137)113-89(18,19)80(135)103-56(36-39-62(94)119)70(125)102-55(35-38-61(93)118)69(124)99-54(46-116)44-53-31-27-26-28-32-53)100-64(121)45-96-77(132)85(10,11)111-76(131)66(49(5)6)105-81(136)88(16,17)108-71(126)57(37-40-63(95)120)101-67(122)50(7)97-78(133)86(12,13)107-68(123)51(8)98-79(134)87(14,15)110-74(129)60-34-30-42-115(60)83(138)91(22,23)106-52(9)117/h26-28,31-32,47-51,54-60,65-66,116H,29-30,33-46H2,1-25H3,(H2,93,118)(H2,94,119)(H2,95,120)(H,96,132)(H,97,133)(H,98,134)(H,99,124)(H,100,121)(H,101,122)(H,102,125)(H,103,135)(H,104,128)(H,105,136)(H,106,117)(H,107,123)(H,108,126)(H,109,127)(H,110,129)(H,111,131)(H,112,130)(H,113,137)/t50-,51+,54-,55-,56-,57-,58-,59-,60-,65+,66-/m0/s1. The van der Waals surface area contributed by atoms with Crippen LogP contribution in [-0.2, 0) is 117 Å². The van der Waals surface area contributed by atoms with Crippen LogP contribution in [0.15, 0.2) is 30.3 Å². The lowest BCUT2D eigenvalue weighted by molar-refractivity contribution is -0.146. The molecule has 139 heavy (non-hydrogen) atoms. The third kappa shape index (κ3) is 37.3. The molecule has 0 radical (unpaired) electrons. The molecule has 2 aliphatic heterocycles. The van der Waals surface area contributed by atoms with Crippen LogP contribution >= 0.6 is 0 Å².